The van der Waals surface area contributed by atoms with Gasteiger partial charge in [-0.3, -0.25) is 4.68 Å². The molecule has 2 aromatic heterocycles. The van der Waals surface area contributed by atoms with Gasteiger partial charge in [-0.1, -0.05) is 0 Å². The number of aryl methyl sites for hydroxylation is 1. The molecule has 1 atom stereocenters. The molecule has 2 heterocycles. The lowest BCUT2D eigenvalue weighted by Gasteiger charge is -2.13. The molecule has 0 aromatic carbocycles. The van der Waals surface area contributed by atoms with E-state index in [9.17, 15) is 13.2 Å². The Morgan fingerprint density at radius 2 is 2.19 bits per heavy atom. The van der Waals surface area contributed by atoms with Gasteiger partial charge < -0.3 is 5.11 Å². The Labute approximate surface area is 125 Å². The van der Waals surface area contributed by atoms with E-state index in [-0.39, 0.29) is 4.21 Å². The molecule has 0 amide bonds. The predicted molar refractivity (Wildman–Crippen MR) is 75.8 cm³/mol. The Hall–Kier alpha value is -1.78. The molecule has 0 aliphatic rings. The average Bonchev–Trinajstić information content (AvgIpc) is 2.98. The highest BCUT2D eigenvalue weighted by Crippen LogP contribution is 2.24. The molecule has 0 aliphatic heterocycles. The summed E-state index contributed by atoms with van der Waals surface area (Å²) in [4.78, 5) is 14.5. The number of aromatic carboxylic acids is 1. The van der Waals surface area contributed by atoms with Crippen LogP contribution in [-0.2, 0) is 17.1 Å². The molecule has 1 unspecified atom stereocenters. The van der Waals surface area contributed by atoms with Crippen molar-refractivity contribution in [2.45, 2.75) is 24.1 Å². The van der Waals surface area contributed by atoms with Crippen molar-refractivity contribution in [2.75, 3.05) is 0 Å². The topological polar surface area (TPSA) is 114 Å². The number of sulfonamides is 1. The molecular formula is C11H14N4O4S2. The van der Waals surface area contributed by atoms with E-state index in [1.807, 2.05) is 6.92 Å². The molecule has 21 heavy (non-hydrogen) atoms. The number of hydrogen-bond donors (Lipinski definition) is 2. The highest BCUT2D eigenvalue weighted by molar-refractivity contribution is 7.91. The third kappa shape index (κ3) is 2.96. The third-order valence-electron chi connectivity index (χ3n) is 3.05. The molecule has 8 nitrogen and oxygen atoms in total. The van der Waals surface area contributed by atoms with E-state index in [2.05, 4.69) is 14.8 Å². The molecular weight excluding hydrogens is 316 g/mol. The van der Waals surface area contributed by atoms with Crippen LogP contribution in [0, 0.1) is 6.92 Å². The lowest BCUT2D eigenvalue weighted by atomic mass is 10.1. The van der Waals surface area contributed by atoms with Gasteiger partial charge >= 0.3 is 5.97 Å². The number of carboxylic acids is 1. The van der Waals surface area contributed by atoms with Crippen LogP contribution in [0.25, 0.3) is 0 Å². The van der Waals surface area contributed by atoms with Crippen LogP contribution in [0.15, 0.2) is 15.9 Å². The number of nitrogens with one attached hydrogen (secondary N) is 1. The van der Waals surface area contributed by atoms with E-state index in [0.717, 1.165) is 22.6 Å². The Kier molecular flexibility index (Phi) is 4.12. The first-order valence-corrected chi connectivity index (χ1v) is 8.28. The Morgan fingerprint density at radius 1 is 1.52 bits per heavy atom. The molecule has 2 aromatic rings. The van der Waals surface area contributed by atoms with Crippen LogP contribution in [0.1, 0.15) is 34.7 Å². The highest BCUT2D eigenvalue weighted by Gasteiger charge is 2.28. The molecule has 0 spiro atoms. The molecule has 2 rings (SSSR count). The summed E-state index contributed by atoms with van der Waals surface area (Å²) in [6, 6.07) is -0.535. The molecule has 0 saturated heterocycles. The molecule has 2 N–H and O–H groups in total. The van der Waals surface area contributed by atoms with Crippen LogP contribution in [-0.4, -0.2) is 34.3 Å². The fourth-order valence-electron chi connectivity index (χ4n) is 1.86. The van der Waals surface area contributed by atoms with E-state index in [1.54, 1.807) is 24.9 Å². The molecule has 0 aliphatic carbocycles. The standard InChI is InChI=1S/C11H14N4O4S2/c1-6(8-4-13-15(3)7(8)2)14-21(18,19)11-9(10(16)17)12-5-20-11/h4-6,14H,1-3H3,(H,16,17). The van der Waals surface area contributed by atoms with Crippen molar-refractivity contribution in [2.24, 2.45) is 7.05 Å². The highest BCUT2D eigenvalue weighted by atomic mass is 32.2. The fraction of sp³-hybridized carbons (Fsp3) is 0.364. The second-order valence-corrected chi connectivity index (χ2v) is 7.21. The van der Waals surface area contributed by atoms with E-state index >= 15 is 0 Å². The van der Waals surface area contributed by atoms with Gasteiger partial charge in [-0.2, -0.15) is 5.10 Å². The number of rotatable bonds is 5. The van der Waals surface area contributed by atoms with Gasteiger partial charge in [0.1, 0.15) is 0 Å². The zero-order chi connectivity index (χ0) is 15.8. The maximum Gasteiger partial charge on any atom is 0.356 e. The minimum absolute atomic E-state index is 0.302. The second kappa shape index (κ2) is 5.54. The monoisotopic (exact) mass is 330 g/mol. The van der Waals surface area contributed by atoms with Gasteiger partial charge in [0.05, 0.1) is 11.7 Å². The number of carboxylic acid groups (broad SMARTS) is 1. The van der Waals surface area contributed by atoms with E-state index in [1.165, 1.54) is 5.51 Å². The molecule has 0 fully saturated rings. The first-order chi connectivity index (χ1) is 9.74. The van der Waals surface area contributed by atoms with Crippen molar-refractivity contribution >= 4 is 27.3 Å². The lowest BCUT2D eigenvalue weighted by Crippen LogP contribution is -2.27. The zero-order valence-corrected chi connectivity index (χ0v) is 13.2. The van der Waals surface area contributed by atoms with Crippen LogP contribution < -0.4 is 4.72 Å². The van der Waals surface area contributed by atoms with E-state index < -0.39 is 27.7 Å². The summed E-state index contributed by atoms with van der Waals surface area (Å²) in [6.07, 6.45) is 1.58. The van der Waals surface area contributed by atoms with Gasteiger partial charge in [0, 0.05) is 24.3 Å². The Balaban J connectivity index is 2.31. The van der Waals surface area contributed by atoms with Crippen molar-refractivity contribution in [3.8, 4) is 0 Å². The number of nitrogens with zero attached hydrogens (tertiary/aromatic N) is 3. The second-order valence-electron chi connectivity index (χ2n) is 4.45. The number of carbonyl (C=O) groups is 1. The van der Waals surface area contributed by atoms with Crippen molar-refractivity contribution in [1.82, 2.24) is 19.5 Å². The predicted octanol–water partition coefficient (Wildman–Crippen LogP) is 0.923. The third-order valence-corrected chi connectivity index (χ3v) is 5.96. The van der Waals surface area contributed by atoms with Crippen molar-refractivity contribution in [3.05, 3.63) is 28.7 Å². The minimum Gasteiger partial charge on any atom is -0.476 e. The lowest BCUT2D eigenvalue weighted by molar-refractivity contribution is 0.0687. The summed E-state index contributed by atoms with van der Waals surface area (Å²) in [5, 5.41) is 13.0. The summed E-state index contributed by atoms with van der Waals surface area (Å²) in [5.41, 5.74) is 2.27. The molecule has 0 bridgehead atoms. The van der Waals surface area contributed by atoms with Crippen LogP contribution in [0.3, 0.4) is 0 Å². The summed E-state index contributed by atoms with van der Waals surface area (Å²) in [6.45, 7) is 3.49. The van der Waals surface area contributed by atoms with Crippen LogP contribution in [0.5, 0.6) is 0 Å². The first kappa shape index (κ1) is 15.6. The zero-order valence-electron chi connectivity index (χ0n) is 11.6. The van der Waals surface area contributed by atoms with Crippen LogP contribution >= 0.6 is 11.3 Å². The minimum atomic E-state index is -3.96. The SMILES string of the molecule is Cc1c(C(C)NS(=O)(=O)c2scnc2C(=O)O)cnn1C. The van der Waals surface area contributed by atoms with E-state index in [4.69, 9.17) is 5.11 Å². The molecule has 10 heteroatoms. The Morgan fingerprint density at radius 3 is 2.71 bits per heavy atom. The largest absolute Gasteiger partial charge is 0.476 e. The van der Waals surface area contributed by atoms with Gasteiger partial charge in [0.2, 0.25) is 0 Å². The summed E-state index contributed by atoms with van der Waals surface area (Å²) >= 11 is 0.768. The molecule has 0 radical (unpaired) electrons. The first-order valence-electron chi connectivity index (χ1n) is 5.91. The van der Waals surface area contributed by atoms with E-state index in [0.29, 0.717) is 0 Å². The van der Waals surface area contributed by atoms with Crippen LogP contribution in [0.4, 0.5) is 0 Å². The fourth-order valence-corrected chi connectivity index (χ4v) is 4.24. The summed E-state index contributed by atoms with van der Waals surface area (Å²) in [7, 11) is -2.20. The molecule has 114 valence electrons. The Bertz CT molecular complexity index is 778. The van der Waals surface area contributed by atoms with Crippen molar-refractivity contribution < 1.29 is 18.3 Å². The van der Waals surface area contributed by atoms with Gasteiger partial charge in [-0.05, 0) is 13.8 Å². The number of hydrogen-bond acceptors (Lipinski definition) is 6. The summed E-state index contributed by atoms with van der Waals surface area (Å²) < 4.78 is 28.4. The maximum absolute atomic E-state index is 12.3. The van der Waals surface area contributed by atoms with Gasteiger partial charge in [-0.15, -0.1) is 11.3 Å². The smallest absolute Gasteiger partial charge is 0.356 e. The number of aromatic nitrogens is 3. The van der Waals surface area contributed by atoms with Crippen molar-refractivity contribution in [3.63, 3.8) is 0 Å². The van der Waals surface area contributed by atoms with Crippen molar-refractivity contribution in [1.29, 1.82) is 0 Å². The quantitative estimate of drug-likeness (QED) is 0.842. The average molecular weight is 330 g/mol. The molecule has 0 saturated carbocycles. The normalized spacial score (nSPS) is 13.3. The summed E-state index contributed by atoms with van der Waals surface area (Å²) in [5.74, 6) is -1.37. The van der Waals surface area contributed by atoms with Gasteiger partial charge in [0.25, 0.3) is 10.0 Å². The van der Waals surface area contributed by atoms with Gasteiger partial charge in [0.15, 0.2) is 9.90 Å². The maximum atomic E-state index is 12.3. The number of thiazole rings is 1. The van der Waals surface area contributed by atoms with Crippen LogP contribution in [0.2, 0.25) is 0 Å². The van der Waals surface area contributed by atoms with Gasteiger partial charge in [-0.25, -0.2) is 22.9 Å².